The summed E-state index contributed by atoms with van der Waals surface area (Å²) in [5.74, 6) is -0.489. The van der Waals surface area contributed by atoms with Crippen LogP contribution in [-0.2, 0) is 7.05 Å². The third-order valence-electron chi connectivity index (χ3n) is 2.17. The van der Waals surface area contributed by atoms with Gasteiger partial charge in [-0.05, 0) is 6.92 Å². The Labute approximate surface area is 91.9 Å². The summed E-state index contributed by atoms with van der Waals surface area (Å²) in [4.78, 5) is 7.66. The van der Waals surface area contributed by atoms with Gasteiger partial charge in [-0.3, -0.25) is 4.68 Å². The summed E-state index contributed by atoms with van der Waals surface area (Å²) in [5, 5.41) is 4.13. The minimum atomic E-state index is -0.489. The van der Waals surface area contributed by atoms with Crippen LogP contribution in [0.4, 0.5) is 4.39 Å². The Bertz CT molecular complexity index is 524. The van der Waals surface area contributed by atoms with Gasteiger partial charge in [0.25, 0.3) is 0 Å². The molecular weight excluding hydrogens is 211 g/mol. The van der Waals surface area contributed by atoms with Crippen molar-refractivity contribution < 1.29 is 9.13 Å². The standard InChI is InChI=1S/C10H11FN4O/c1-6-7(5-15(2)14-6)9-8(11)4-12-10(13-9)16-3/h4-5H,1-3H3. The number of methoxy groups -OCH3 is 1. The molecule has 2 aromatic rings. The normalized spacial score (nSPS) is 10.5. The fraction of sp³-hybridized carbons (Fsp3) is 0.300. The molecule has 0 radical (unpaired) electrons. The van der Waals surface area contributed by atoms with Gasteiger partial charge in [0.2, 0.25) is 0 Å². The van der Waals surface area contributed by atoms with E-state index < -0.39 is 5.82 Å². The molecule has 0 spiro atoms. The Morgan fingerprint density at radius 1 is 1.44 bits per heavy atom. The van der Waals surface area contributed by atoms with Crippen LogP contribution in [0.2, 0.25) is 0 Å². The first-order chi connectivity index (χ1) is 7.61. The highest BCUT2D eigenvalue weighted by Crippen LogP contribution is 2.23. The van der Waals surface area contributed by atoms with Crippen molar-refractivity contribution in [3.05, 3.63) is 23.9 Å². The number of ether oxygens (including phenoxy) is 1. The van der Waals surface area contributed by atoms with E-state index >= 15 is 0 Å². The molecule has 0 fully saturated rings. The molecule has 2 heterocycles. The van der Waals surface area contributed by atoms with Gasteiger partial charge < -0.3 is 4.74 Å². The van der Waals surface area contributed by atoms with Crippen LogP contribution in [0.1, 0.15) is 5.69 Å². The van der Waals surface area contributed by atoms with Gasteiger partial charge in [0.05, 0.1) is 19.0 Å². The molecule has 0 aliphatic rings. The lowest BCUT2D eigenvalue weighted by molar-refractivity contribution is 0.377. The molecule has 0 amide bonds. The highest BCUT2D eigenvalue weighted by atomic mass is 19.1. The van der Waals surface area contributed by atoms with E-state index in [0.717, 1.165) is 6.20 Å². The van der Waals surface area contributed by atoms with E-state index in [0.29, 0.717) is 11.3 Å². The fourth-order valence-electron chi connectivity index (χ4n) is 1.47. The van der Waals surface area contributed by atoms with Crippen LogP contribution in [0.15, 0.2) is 12.4 Å². The topological polar surface area (TPSA) is 52.8 Å². The van der Waals surface area contributed by atoms with Crippen LogP contribution in [0.3, 0.4) is 0 Å². The molecule has 0 aliphatic heterocycles. The minimum absolute atomic E-state index is 0.139. The van der Waals surface area contributed by atoms with Crippen molar-refractivity contribution in [2.45, 2.75) is 6.92 Å². The number of rotatable bonds is 2. The minimum Gasteiger partial charge on any atom is -0.467 e. The Balaban J connectivity index is 2.58. The van der Waals surface area contributed by atoms with Gasteiger partial charge in [-0.2, -0.15) is 10.1 Å². The Morgan fingerprint density at radius 3 is 2.75 bits per heavy atom. The van der Waals surface area contributed by atoms with E-state index in [1.807, 2.05) is 0 Å². The predicted molar refractivity (Wildman–Crippen MR) is 55.5 cm³/mol. The van der Waals surface area contributed by atoms with Crippen molar-refractivity contribution in [3.63, 3.8) is 0 Å². The van der Waals surface area contributed by atoms with Gasteiger partial charge in [0.15, 0.2) is 5.82 Å². The second-order valence-electron chi connectivity index (χ2n) is 3.36. The largest absolute Gasteiger partial charge is 0.467 e. The number of hydrogen-bond acceptors (Lipinski definition) is 4. The molecule has 0 aliphatic carbocycles. The second-order valence-corrected chi connectivity index (χ2v) is 3.36. The molecular formula is C10H11FN4O. The number of nitrogens with zero attached hydrogens (tertiary/aromatic N) is 4. The molecule has 0 saturated heterocycles. The van der Waals surface area contributed by atoms with E-state index in [1.54, 1.807) is 24.9 Å². The second kappa shape index (κ2) is 3.88. The molecule has 2 rings (SSSR count). The van der Waals surface area contributed by atoms with Gasteiger partial charge in [-0.15, -0.1) is 0 Å². The molecule has 0 unspecified atom stereocenters. The highest BCUT2D eigenvalue weighted by Gasteiger charge is 2.14. The van der Waals surface area contributed by atoms with Crippen LogP contribution in [0.25, 0.3) is 11.3 Å². The van der Waals surface area contributed by atoms with Crippen LogP contribution >= 0.6 is 0 Å². The quantitative estimate of drug-likeness (QED) is 0.769. The third-order valence-corrected chi connectivity index (χ3v) is 2.17. The van der Waals surface area contributed by atoms with Crippen molar-refractivity contribution in [2.75, 3.05) is 7.11 Å². The van der Waals surface area contributed by atoms with Gasteiger partial charge in [0.1, 0.15) is 5.69 Å². The SMILES string of the molecule is COc1ncc(F)c(-c2cn(C)nc2C)n1. The zero-order valence-electron chi connectivity index (χ0n) is 9.23. The Morgan fingerprint density at radius 2 is 2.19 bits per heavy atom. The van der Waals surface area contributed by atoms with E-state index in [1.165, 1.54) is 7.11 Å². The molecule has 84 valence electrons. The van der Waals surface area contributed by atoms with E-state index in [-0.39, 0.29) is 11.7 Å². The molecule has 0 N–H and O–H groups in total. The van der Waals surface area contributed by atoms with Crippen molar-refractivity contribution in [2.24, 2.45) is 7.05 Å². The van der Waals surface area contributed by atoms with Crippen LogP contribution in [-0.4, -0.2) is 26.9 Å². The van der Waals surface area contributed by atoms with E-state index in [4.69, 9.17) is 4.74 Å². The summed E-state index contributed by atoms with van der Waals surface area (Å²) in [6.07, 6.45) is 2.80. The van der Waals surface area contributed by atoms with Gasteiger partial charge in [-0.25, -0.2) is 9.37 Å². The number of hydrogen-bond donors (Lipinski definition) is 0. The lowest BCUT2D eigenvalue weighted by Crippen LogP contribution is -1.97. The van der Waals surface area contributed by atoms with Crippen LogP contribution in [0.5, 0.6) is 6.01 Å². The predicted octanol–water partition coefficient (Wildman–Crippen LogP) is 1.33. The zero-order valence-corrected chi connectivity index (χ0v) is 9.23. The molecule has 0 aromatic carbocycles. The molecule has 0 atom stereocenters. The summed E-state index contributed by atoms with van der Waals surface area (Å²) in [7, 11) is 3.21. The van der Waals surface area contributed by atoms with Gasteiger partial charge in [0, 0.05) is 18.8 Å². The smallest absolute Gasteiger partial charge is 0.316 e. The molecule has 2 aromatic heterocycles. The molecule has 6 heteroatoms. The fourth-order valence-corrected chi connectivity index (χ4v) is 1.47. The third kappa shape index (κ3) is 1.73. The maximum Gasteiger partial charge on any atom is 0.316 e. The molecule has 16 heavy (non-hydrogen) atoms. The van der Waals surface area contributed by atoms with Gasteiger partial charge >= 0.3 is 6.01 Å². The van der Waals surface area contributed by atoms with E-state index in [9.17, 15) is 4.39 Å². The summed E-state index contributed by atoms with van der Waals surface area (Å²) in [6.45, 7) is 1.79. The molecule has 0 saturated carbocycles. The lowest BCUT2D eigenvalue weighted by atomic mass is 10.2. The maximum atomic E-state index is 13.6. The Kier molecular flexibility index (Phi) is 2.55. The summed E-state index contributed by atoms with van der Waals surface area (Å²) >= 11 is 0. The molecule has 0 bridgehead atoms. The average molecular weight is 222 g/mol. The van der Waals surface area contributed by atoms with Crippen molar-refractivity contribution in [1.29, 1.82) is 0 Å². The summed E-state index contributed by atoms with van der Waals surface area (Å²) < 4.78 is 20.0. The maximum absolute atomic E-state index is 13.6. The molecule has 5 nitrogen and oxygen atoms in total. The van der Waals surface area contributed by atoms with Crippen LogP contribution < -0.4 is 4.74 Å². The lowest BCUT2D eigenvalue weighted by Gasteiger charge is -2.02. The number of halogens is 1. The first kappa shape index (κ1) is 10.5. The van der Waals surface area contributed by atoms with E-state index in [2.05, 4.69) is 15.1 Å². The zero-order chi connectivity index (χ0) is 11.7. The highest BCUT2D eigenvalue weighted by molar-refractivity contribution is 5.61. The van der Waals surface area contributed by atoms with Crippen molar-refractivity contribution in [3.8, 4) is 17.3 Å². The van der Waals surface area contributed by atoms with Crippen molar-refractivity contribution >= 4 is 0 Å². The van der Waals surface area contributed by atoms with Crippen LogP contribution in [0, 0.1) is 12.7 Å². The summed E-state index contributed by atoms with van der Waals surface area (Å²) in [6, 6.07) is 0.139. The number of aromatic nitrogens is 4. The number of aryl methyl sites for hydroxylation is 2. The monoisotopic (exact) mass is 222 g/mol. The first-order valence-corrected chi connectivity index (χ1v) is 4.69. The van der Waals surface area contributed by atoms with Crippen molar-refractivity contribution in [1.82, 2.24) is 19.7 Å². The summed E-state index contributed by atoms with van der Waals surface area (Å²) in [5.41, 5.74) is 1.56. The van der Waals surface area contributed by atoms with Gasteiger partial charge in [-0.1, -0.05) is 0 Å². The first-order valence-electron chi connectivity index (χ1n) is 4.69. The average Bonchev–Trinajstić information content (AvgIpc) is 2.58. The Hall–Kier alpha value is -1.98.